The van der Waals surface area contributed by atoms with Gasteiger partial charge in [0.15, 0.2) is 5.75 Å². The fraction of sp³-hybridized carbons (Fsp3) is 0.238. The molecule has 3 aromatic rings. The van der Waals surface area contributed by atoms with Gasteiger partial charge < -0.3 is 20.1 Å². The predicted octanol–water partition coefficient (Wildman–Crippen LogP) is 3.31. The lowest BCUT2D eigenvalue weighted by atomic mass is 10.0. The van der Waals surface area contributed by atoms with Crippen LogP contribution in [0.4, 0.5) is 11.4 Å². The van der Waals surface area contributed by atoms with Crippen molar-refractivity contribution in [1.82, 2.24) is 10.2 Å². The molecule has 2 aliphatic rings. The smallest absolute Gasteiger partial charge is 0.259 e. The van der Waals surface area contributed by atoms with E-state index in [9.17, 15) is 9.90 Å². The second-order valence-electron chi connectivity index (χ2n) is 7.27. The minimum atomic E-state index is -0.362. The number of benzene rings is 2. The second kappa shape index (κ2) is 6.38. The van der Waals surface area contributed by atoms with E-state index >= 15 is 0 Å². The molecule has 1 atom stereocenters. The molecule has 3 heterocycles. The van der Waals surface area contributed by atoms with Crippen molar-refractivity contribution in [2.24, 2.45) is 0 Å². The number of carbonyl (C=O) groups excluding carboxylic acids is 1. The summed E-state index contributed by atoms with van der Waals surface area (Å²) in [7, 11) is 0. The van der Waals surface area contributed by atoms with Gasteiger partial charge in [-0.15, -0.1) is 0 Å². The van der Waals surface area contributed by atoms with Crippen molar-refractivity contribution in [3.8, 4) is 22.8 Å². The van der Waals surface area contributed by atoms with Crippen molar-refractivity contribution in [2.75, 3.05) is 23.3 Å². The number of nitrogens with one attached hydrogen (secondary N) is 2. The van der Waals surface area contributed by atoms with Crippen molar-refractivity contribution < 1.29 is 14.6 Å². The maximum atomic E-state index is 12.9. The summed E-state index contributed by atoms with van der Waals surface area (Å²) in [5.74, 6) is 0.887. The first-order valence-electron chi connectivity index (χ1n) is 9.29. The molecule has 1 saturated heterocycles. The van der Waals surface area contributed by atoms with Gasteiger partial charge in [0.25, 0.3) is 5.91 Å². The highest BCUT2D eigenvalue weighted by Crippen LogP contribution is 2.42. The Morgan fingerprint density at radius 1 is 1.18 bits per heavy atom. The van der Waals surface area contributed by atoms with Gasteiger partial charge in [-0.2, -0.15) is 5.10 Å². The minimum Gasteiger partial charge on any atom is -0.454 e. The van der Waals surface area contributed by atoms with Crippen molar-refractivity contribution in [2.45, 2.75) is 19.4 Å². The van der Waals surface area contributed by atoms with Crippen LogP contribution in [0.25, 0.3) is 11.3 Å². The van der Waals surface area contributed by atoms with Gasteiger partial charge in [0.1, 0.15) is 5.75 Å². The normalized spacial score (nSPS) is 18.1. The summed E-state index contributed by atoms with van der Waals surface area (Å²) in [6, 6.07) is 11.3. The van der Waals surface area contributed by atoms with Gasteiger partial charge in [0.05, 0.1) is 28.7 Å². The summed E-state index contributed by atoms with van der Waals surface area (Å²) in [6.45, 7) is 3.24. The number of β-amino-alcohol motifs (C(OH)–C–C–N with tert-alkyl or cyclic N) is 1. The molecule has 28 heavy (non-hydrogen) atoms. The fourth-order valence-corrected chi connectivity index (χ4v) is 3.81. The number of aryl methyl sites for hydroxylation is 1. The molecule has 0 unspecified atom stereocenters. The highest BCUT2D eigenvalue weighted by Gasteiger charge is 2.28. The van der Waals surface area contributed by atoms with Crippen LogP contribution in [0.15, 0.2) is 42.6 Å². The Balaban J connectivity index is 1.67. The van der Waals surface area contributed by atoms with E-state index in [1.54, 1.807) is 6.20 Å². The van der Waals surface area contributed by atoms with Gasteiger partial charge >= 0.3 is 0 Å². The lowest BCUT2D eigenvalue weighted by molar-refractivity contribution is 0.102. The molecule has 7 nitrogen and oxygen atoms in total. The number of aromatic amines is 1. The van der Waals surface area contributed by atoms with Crippen LogP contribution in [-0.2, 0) is 0 Å². The summed E-state index contributed by atoms with van der Waals surface area (Å²) in [6.07, 6.45) is 2.10. The number of hydrogen-bond donors (Lipinski definition) is 3. The number of fused-ring (bicyclic) bond motifs is 2. The average Bonchev–Trinajstić information content (AvgIpc) is 3.33. The van der Waals surface area contributed by atoms with Crippen LogP contribution in [0.5, 0.6) is 11.5 Å². The minimum absolute atomic E-state index is 0.218. The molecule has 2 aromatic carbocycles. The first kappa shape index (κ1) is 16.8. The van der Waals surface area contributed by atoms with E-state index in [1.807, 2.05) is 43.3 Å². The Bertz CT molecular complexity index is 1060. The molecule has 7 heteroatoms. The summed E-state index contributed by atoms with van der Waals surface area (Å²) in [5, 5.41) is 20.1. The summed E-state index contributed by atoms with van der Waals surface area (Å²) < 4.78 is 6.13. The molecule has 1 aromatic heterocycles. The first-order valence-corrected chi connectivity index (χ1v) is 9.29. The van der Waals surface area contributed by atoms with Gasteiger partial charge in [-0.1, -0.05) is 6.07 Å². The zero-order valence-electron chi connectivity index (χ0n) is 15.4. The fourth-order valence-electron chi connectivity index (χ4n) is 3.81. The lowest BCUT2D eigenvalue weighted by Gasteiger charge is -2.22. The standard InChI is InChI=1S/C21H20N4O3/c1-12-2-3-19-17(8-12)23-21(27)15-9-14(16-4-6-22-24-16)18(10-20(15)28-19)25-7-5-13(26)11-25/h2-4,6,8-10,13,26H,5,7,11H2,1H3,(H,22,24)(H,23,27)/t13-/m1/s1. The Labute approximate surface area is 161 Å². The van der Waals surface area contributed by atoms with Crippen molar-refractivity contribution in [3.63, 3.8) is 0 Å². The van der Waals surface area contributed by atoms with Crippen LogP contribution in [0, 0.1) is 6.92 Å². The molecule has 1 fully saturated rings. The van der Waals surface area contributed by atoms with E-state index in [-0.39, 0.29) is 12.0 Å². The van der Waals surface area contributed by atoms with Crippen molar-refractivity contribution in [1.29, 1.82) is 0 Å². The van der Waals surface area contributed by atoms with Crippen LogP contribution in [0.1, 0.15) is 22.3 Å². The number of carbonyl (C=O) groups is 1. The number of aliphatic hydroxyl groups excluding tert-OH is 1. The van der Waals surface area contributed by atoms with Gasteiger partial charge in [0.2, 0.25) is 0 Å². The molecule has 0 spiro atoms. The third-order valence-corrected chi connectivity index (χ3v) is 5.23. The zero-order valence-corrected chi connectivity index (χ0v) is 15.4. The molecular formula is C21H20N4O3. The molecule has 0 radical (unpaired) electrons. The van der Waals surface area contributed by atoms with Crippen LogP contribution < -0.4 is 15.0 Å². The third kappa shape index (κ3) is 2.80. The number of nitrogens with zero attached hydrogens (tertiary/aromatic N) is 2. The second-order valence-corrected chi connectivity index (χ2v) is 7.27. The van der Waals surface area contributed by atoms with E-state index in [1.165, 1.54) is 0 Å². The molecule has 1 amide bonds. The molecule has 0 bridgehead atoms. The largest absolute Gasteiger partial charge is 0.454 e. The van der Waals surface area contributed by atoms with Crippen LogP contribution in [-0.4, -0.2) is 40.4 Å². The maximum Gasteiger partial charge on any atom is 0.259 e. The van der Waals surface area contributed by atoms with Gasteiger partial charge in [-0.3, -0.25) is 9.89 Å². The van der Waals surface area contributed by atoms with Crippen molar-refractivity contribution in [3.05, 3.63) is 53.7 Å². The van der Waals surface area contributed by atoms with E-state index in [2.05, 4.69) is 20.4 Å². The van der Waals surface area contributed by atoms with Gasteiger partial charge in [-0.05, 0) is 43.2 Å². The quantitative estimate of drug-likeness (QED) is 0.638. The van der Waals surface area contributed by atoms with E-state index in [0.29, 0.717) is 35.7 Å². The number of ether oxygens (including phenoxy) is 1. The van der Waals surface area contributed by atoms with E-state index in [4.69, 9.17) is 4.74 Å². The van der Waals surface area contributed by atoms with Crippen LogP contribution in [0.3, 0.4) is 0 Å². The van der Waals surface area contributed by atoms with E-state index in [0.717, 1.165) is 29.1 Å². The van der Waals surface area contributed by atoms with Gasteiger partial charge in [-0.25, -0.2) is 0 Å². The zero-order chi connectivity index (χ0) is 19.3. The predicted molar refractivity (Wildman–Crippen MR) is 106 cm³/mol. The molecular weight excluding hydrogens is 356 g/mol. The van der Waals surface area contributed by atoms with Crippen LogP contribution >= 0.6 is 0 Å². The summed E-state index contributed by atoms with van der Waals surface area (Å²) in [5.41, 5.74) is 4.61. The maximum absolute atomic E-state index is 12.9. The monoisotopic (exact) mass is 376 g/mol. The highest BCUT2D eigenvalue weighted by atomic mass is 16.5. The topological polar surface area (TPSA) is 90.5 Å². The number of rotatable bonds is 2. The summed E-state index contributed by atoms with van der Waals surface area (Å²) in [4.78, 5) is 15.0. The van der Waals surface area contributed by atoms with Crippen molar-refractivity contribution >= 4 is 17.3 Å². The number of aliphatic hydroxyl groups is 1. The Kier molecular flexibility index (Phi) is 3.84. The Morgan fingerprint density at radius 3 is 2.82 bits per heavy atom. The third-order valence-electron chi connectivity index (χ3n) is 5.23. The molecule has 3 N–H and O–H groups in total. The first-order chi connectivity index (χ1) is 13.6. The number of anilines is 2. The Morgan fingerprint density at radius 2 is 2.07 bits per heavy atom. The average molecular weight is 376 g/mol. The summed E-state index contributed by atoms with van der Waals surface area (Å²) >= 11 is 0. The SMILES string of the molecule is Cc1ccc2c(c1)NC(=O)c1cc(-c3cc[nH]n3)c(N3CC[C@@H](O)C3)cc1O2. The Hall–Kier alpha value is -3.32. The van der Waals surface area contributed by atoms with Gasteiger partial charge in [0, 0.05) is 30.9 Å². The number of H-pyrrole nitrogens is 1. The molecule has 2 aliphatic heterocycles. The highest BCUT2D eigenvalue weighted by molar-refractivity contribution is 6.09. The van der Waals surface area contributed by atoms with Crippen LogP contribution in [0.2, 0.25) is 0 Å². The van der Waals surface area contributed by atoms with E-state index < -0.39 is 0 Å². The molecule has 5 rings (SSSR count). The molecule has 142 valence electrons. The number of amides is 1. The number of hydrogen-bond acceptors (Lipinski definition) is 5. The molecule has 0 saturated carbocycles. The lowest BCUT2D eigenvalue weighted by Crippen LogP contribution is -2.22. The number of aromatic nitrogens is 2. The molecule has 0 aliphatic carbocycles.